The molecule has 1 heterocycles. The second-order valence-electron chi connectivity index (χ2n) is 7.05. The third-order valence-electron chi connectivity index (χ3n) is 5.77. The van der Waals surface area contributed by atoms with Crippen LogP contribution in [0, 0.1) is 23.7 Å². The smallest absolute Gasteiger partial charge is 0.239 e. The van der Waals surface area contributed by atoms with Gasteiger partial charge in [0.05, 0.1) is 13.2 Å². The summed E-state index contributed by atoms with van der Waals surface area (Å²) in [5.41, 5.74) is 0. The van der Waals surface area contributed by atoms with Crippen molar-refractivity contribution in [1.82, 2.24) is 10.6 Å². The van der Waals surface area contributed by atoms with Gasteiger partial charge in [0.15, 0.2) is 0 Å². The van der Waals surface area contributed by atoms with Gasteiger partial charge in [0.2, 0.25) is 5.91 Å². The lowest BCUT2D eigenvalue weighted by molar-refractivity contribution is -0.129. The van der Waals surface area contributed by atoms with Crippen LogP contribution < -0.4 is 10.6 Å². The van der Waals surface area contributed by atoms with Gasteiger partial charge in [0, 0.05) is 12.6 Å². The van der Waals surface area contributed by atoms with Crippen molar-refractivity contribution in [3.63, 3.8) is 0 Å². The number of hydrogen-bond acceptors (Lipinski definition) is 3. The molecule has 1 aliphatic heterocycles. The second kappa shape index (κ2) is 4.74. The van der Waals surface area contributed by atoms with E-state index >= 15 is 0 Å². The molecule has 1 amide bonds. The molecule has 0 spiro atoms. The van der Waals surface area contributed by atoms with E-state index in [1.807, 2.05) is 0 Å². The lowest BCUT2D eigenvalue weighted by atomic mass is 9.54. The van der Waals surface area contributed by atoms with Gasteiger partial charge in [-0.2, -0.15) is 0 Å². The molecule has 5 rings (SSSR count). The van der Waals surface area contributed by atoms with Crippen LogP contribution in [0.1, 0.15) is 32.1 Å². The SMILES string of the molecule is O=C(NC1C2CC3CC(C2)CC1C3)[C@H]1COCCN1. The van der Waals surface area contributed by atoms with Gasteiger partial charge in [0.1, 0.15) is 6.04 Å². The first-order valence-corrected chi connectivity index (χ1v) is 7.91. The molecule has 4 saturated carbocycles. The molecular weight excluding hydrogens is 240 g/mol. The van der Waals surface area contributed by atoms with Gasteiger partial charge >= 0.3 is 0 Å². The number of carbonyl (C=O) groups excluding carboxylic acids is 1. The van der Waals surface area contributed by atoms with E-state index in [0.717, 1.165) is 36.8 Å². The van der Waals surface area contributed by atoms with Crippen LogP contribution in [0.2, 0.25) is 0 Å². The molecule has 106 valence electrons. The summed E-state index contributed by atoms with van der Waals surface area (Å²) in [5, 5.41) is 6.60. The fraction of sp³-hybridized carbons (Fsp3) is 0.933. The third-order valence-corrected chi connectivity index (χ3v) is 5.77. The Balaban J connectivity index is 1.41. The Morgan fingerprint density at radius 3 is 2.32 bits per heavy atom. The molecule has 5 fully saturated rings. The van der Waals surface area contributed by atoms with E-state index in [2.05, 4.69) is 10.6 Å². The molecule has 4 heteroatoms. The van der Waals surface area contributed by atoms with Crippen LogP contribution in [-0.4, -0.2) is 37.7 Å². The molecule has 5 aliphatic rings. The Bertz CT molecular complexity index is 337. The van der Waals surface area contributed by atoms with E-state index < -0.39 is 0 Å². The van der Waals surface area contributed by atoms with Gasteiger partial charge in [0.25, 0.3) is 0 Å². The van der Waals surface area contributed by atoms with E-state index in [9.17, 15) is 4.79 Å². The van der Waals surface area contributed by atoms with E-state index in [4.69, 9.17) is 4.74 Å². The fourth-order valence-corrected chi connectivity index (χ4v) is 5.16. The maximum Gasteiger partial charge on any atom is 0.239 e. The first-order chi connectivity index (χ1) is 9.29. The third kappa shape index (κ3) is 2.19. The zero-order valence-electron chi connectivity index (χ0n) is 11.4. The van der Waals surface area contributed by atoms with Crippen LogP contribution in [0.25, 0.3) is 0 Å². The standard InChI is InChI=1S/C15H24N2O2/c18-15(13-8-19-2-1-16-13)17-14-11-4-9-3-10(6-11)7-12(14)5-9/h9-14,16H,1-8H2,(H,17,18)/t9?,10?,11?,12?,13-,14?/m1/s1. The molecule has 0 aromatic heterocycles. The molecule has 0 radical (unpaired) electrons. The summed E-state index contributed by atoms with van der Waals surface area (Å²) in [7, 11) is 0. The highest BCUT2D eigenvalue weighted by Gasteiger charge is 2.48. The maximum atomic E-state index is 12.3. The average Bonchev–Trinajstić information content (AvgIpc) is 2.43. The number of ether oxygens (including phenoxy) is 1. The van der Waals surface area contributed by atoms with Crippen molar-refractivity contribution in [2.75, 3.05) is 19.8 Å². The van der Waals surface area contributed by atoms with Crippen molar-refractivity contribution in [1.29, 1.82) is 0 Å². The highest BCUT2D eigenvalue weighted by molar-refractivity contribution is 5.82. The van der Waals surface area contributed by atoms with Crippen LogP contribution in [0.4, 0.5) is 0 Å². The molecule has 0 aromatic rings. The van der Waals surface area contributed by atoms with E-state index in [1.165, 1.54) is 32.1 Å². The summed E-state index contributed by atoms with van der Waals surface area (Å²) >= 11 is 0. The van der Waals surface area contributed by atoms with Gasteiger partial charge in [-0.25, -0.2) is 0 Å². The first-order valence-electron chi connectivity index (χ1n) is 7.91. The largest absolute Gasteiger partial charge is 0.378 e. The molecule has 4 nitrogen and oxygen atoms in total. The number of rotatable bonds is 2. The summed E-state index contributed by atoms with van der Waals surface area (Å²) in [6, 6.07) is 0.315. The van der Waals surface area contributed by atoms with Gasteiger partial charge < -0.3 is 15.4 Å². The highest BCUT2D eigenvalue weighted by Crippen LogP contribution is 2.53. The highest BCUT2D eigenvalue weighted by atomic mass is 16.5. The van der Waals surface area contributed by atoms with Crippen molar-refractivity contribution in [3.05, 3.63) is 0 Å². The minimum Gasteiger partial charge on any atom is -0.378 e. The minimum atomic E-state index is -0.133. The van der Waals surface area contributed by atoms with Crippen LogP contribution >= 0.6 is 0 Å². The van der Waals surface area contributed by atoms with Crippen molar-refractivity contribution < 1.29 is 9.53 Å². The maximum absolute atomic E-state index is 12.3. The van der Waals surface area contributed by atoms with E-state index in [1.54, 1.807) is 0 Å². The topological polar surface area (TPSA) is 50.4 Å². The second-order valence-corrected chi connectivity index (χ2v) is 7.05. The summed E-state index contributed by atoms with van der Waals surface area (Å²) in [6.07, 6.45) is 6.88. The Morgan fingerprint density at radius 1 is 1.05 bits per heavy atom. The van der Waals surface area contributed by atoms with Crippen LogP contribution in [-0.2, 0) is 9.53 Å². The van der Waals surface area contributed by atoms with Crippen molar-refractivity contribution in [3.8, 4) is 0 Å². The lowest BCUT2D eigenvalue weighted by Gasteiger charge is -2.54. The lowest BCUT2D eigenvalue weighted by Crippen LogP contribution is -2.60. The van der Waals surface area contributed by atoms with Gasteiger partial charge in [-0.1, -0.05) is 0 Å². The monoisotopic (exact) mass is 264 g/mol. The summed E-state index contributed by atoms with van der Waals surface area (Å²) in [5.74, 6) is 3.60. The predicted molar refractivity (Wildman–Crippen MR) is 71.6 cm³/mol. The average molecular weight is 264 g/mol. The molecular formula is C15H24N2O2. The Labute approximate surface area is 114 Å². The quantitative estimate of drug-likeness (QED) is 0.779. The van der Waals surface area contributed by atoms with E-state index in [0.29, 0.717) is 12.6 Å². The summed E-state index contributed by atoms with van der Waals surface area (Å²) in [6.45, 7) is 2.04. The Hall–Kier alpha value is -0.610. The van der Waals surface area contributed by atoms with Crippen molar-refractivity contribution in [2.24, 2.45) is 23.7 Å². The normalized spacial score (nSPS) is 48.2. The number of hydrogen-bond donors (Lipinski definition) is 2. The van der Waals surface area contributed by atoms with Gasteiger partial charge in [-0.3, -0.25) is 4.79 Å². The fourth-order valence-electron chi connectivity index (χ4n) is 5.16. The number of morpholine rings is 1. The first kappa shape index (κ1) is 12.2. The number of nitrogens with one attached hydrogen (secondary N) is 2. The molecule has 0 unspecified atom stereocenters. The van der Waals surface area contributed by atoms with Gasteiger partial charge in [-0.15, -0.1) is 0 Å². The van der Waals surface area contributed by atoms with Crippen LogP contribution in [0.3, 0.4) is 0 Å². The zero-order chi connectivity index (χ0) is 12.8. The molecule has 1 atom stereocenters. The van der Waals surface area contributed by atoms with Crippen LogP contribution in [0.15, 0.2) is 0 Å². The molecule has 19 heavy (non-hydrogen) atoms. The predicted octanol–water partition coefficient (Wildman–Crippen LogP) is 0.916. The number of amides is 1. The molecule has 4 aliphatic carbocycles. The zero-order valence-corrected chi connectivity index (χ0v) is 11.4. The summed E-state index contributed by atoms with van der Waals surface area (Å²) < 4.78 is 5.39. The van der Waals surface area contributed by atoms with Crippen molar-refractivity contribution >= 4 is 5.91 Å². The van der Waals surface area contributed by atoms with Crippen LogP contribution in [0.5, 0.6) is 0 Å². The van der Waals surface area contributed by atoms with Crippen molar-refractivity contribution in [2.45, 2.75) is 44.2 Å². The Kier molecular flexibility index (Phi) is 3.03. The number of carbonyl (C=O) groups is 1. The molecule has 4 bridgehead atoms. The molecule has 2 N–H and O–H groups in total. The Morgan fingerprint density at radius 2 is 1.74 bits per heavy atom. The van der Waals surface area contributed by atoms with E-state index in [-0.39, 0.29) is 11.9 Å². The minimum absolute atomic E-state index is 0.133. The molecule has 0 aromatic carbocycles. The van der Waals surface area contributed by atoms with Gasteiger partial charge in [-0.05, 0) is 55.8 Å². The molecule has 1 saturated heterocycles. The summed E-state index contributed by atoms with van der Waals surface area (Å²) in [4.78, 5) is 12.3.